The minimum Gasteiger partial charge on any atom is -0.385 e. The summed E-state index contributed by atoms with van der Waals surface area (Å²) in [5, 5.41) is 16.4. The van der Waals surface area contributed by atoms with E-state index in [4.69, 9.17) is 0 Å². The topological polar surface area (TPSA) is 58.4 Å². The molecule has 2 heterocycles. The molecule has 2 fully saturated rings. The Labute approximate surface area is 189 Å². The largest absolute Gasteiger partial charge is 0.385 e. The van der Waals surface area contributed by atoms with Crippen LogP contribution in [0.2, 0.25) is 0 Å². The molecule has 0 radical (unpaired) electrons. The van der Waals surface area contributed by atoms with E-state index in [2.05, 4.69) is 17.2 Å². The van der Waals surface area contributed by atoms with Gasteiger partial charge in [0.25, 0.3) is 5.91 Å². The minimum atomic E-state index is -0.869. The van der Waals surface area contributed by atoms with Crippen LogP contribution in [0.15, 0.2) is 66.7 Å². The number of carbonyl (C=O) groups excluding carboxylic acids is 1. The summed E-state index contributed by atoms with van der Waals surface area (Å²) in [6.45, 7) is 3.20. The lowest BCUT2D eigenvalue weighted by molar-refractivity contribution is -0.110. The van der Waals surface area contributed by atoms with Gasteiger partial charge in [0.15, 0.2) is 5.69 Å². The molecule has 166 valence electrons. The molecule has 2 aromatic carbocycles. The fourth-order valence-electron chi connectivity index (χ4n) is 5.70. The zero-order valence-corrected chi connectivity index (χ0v) is 18.7. The van der Waals surface area contributed by atoms with E-state index in [1.807, 2.05) is 71.1 Å². The van der Waals surface area contributed by atoms with E-state index in [-0.39, 0.29) is 17.9 Å². The third-order valence-corrected chi connectivity index (χ3v) is 7.39. The second-order valence-corrected chi connectivity index (χ2v) is 9.31. The second kappa shape index (κ2) is 8.55. The number of piperidine rings is 1. The number of benzene rings is 2. The van der Waals surface area contributed by atoms with Crippen LogP contribution >= 0.6 is 0 Å². The van der Waals surface area contributed by atoms with Gasteiger partial charge in [0.2, 0.25) is 0 Å². The fraction of sp³-hybridized carbons (Fsp3) is 0.407. The third kappa shape index (κ3) is 3.75. The summed E-state index contributed by atoms with van der Waals surface area (Å²) in [5.74, 6) is 0.0516. The van der Waals surface area contributed by atoms with Gasteiger partial charge in [0.1, 0.15) is 0 Å². The summed E-state index contributed by atoms with van der Waals surface area (Å²) >= 11 is 0. The molecule has 1 N–H and O–H groups in total. The lowest BCUT2D eigenvalue weighted by atomic mass is 9.66. The van der Waals surface area contributed by atoms with E-state index in [1.54, 1.807) is 0 Å². The number of rotatable bonds is 4. The molecular formula is C27H31N3O2. The average Bonchev–Trinajstić information content (AvgIpc) is 3.20. The van der Waals surface area contributed by atoms with Gasteiger partial charge in [0, 0.05) is 24.2 Å². The molecule has 1 saturated carbocycles. The molecular weight excluding hydrogens is 398 g/mol. The van der Waals surface area contributed by atoms with E-state index in [0.29, 0.717) is 25.2 Å². The summed E-state index contributed by atoms with van der Waals surface area (Å²) in [6.07, 6.45) is 4.64. The molecule has 1 aliphatic carbocycles. The monoisotopic (exact) mass is 429 g/mol. The Morgan fingerprint density at radius 3 is 2.50 bits per heavy atom. The van der Waals surface area contributed by atoms with E-state index >= 15 is 0 Å². The predicted molar refractivity (Wildman–Crippen MR) is 124 cm³/mol. The highest BCUT2D eigenvalue weighted by Gasteiger charge is 2.50. The minimum absolute atomic E-state index is 0.00748. The van der Waals surface area contributed by atoms with E-state index < -0.39 is 5.60 Å². The highest BCUT2D eigenvalue weighted by Crippen LogP contribution is 2.47. The molecule has 1 aliphatic heterocycles. The second-order valence-electron chi connectivity index (χ2n) is 9.31. The van der Waals surface area contributed by atoms with Gasteiger partial charge in [0.05, 0.1) is 12.1 Å². The average molecular weight is 430 g/mol. The maximum atomic E-state index is 13.6. The van der Waals surface area contributed by atoms with Gasteiger partial charge >= 0.3 is 0 Å². The third-order valence-electron chi connectivity index (χ3n) is 7.39. The predicted octanol–water partition coefficient (Wildman–Crippen LogP) is 4.53. The molecule has 1 unspecified atom stereocenters. The van der Waals surface area contributed by atoms with Gasteiger partial charge in [-0.15, -0.1) is 0 Å². The van der Waals surface area contributed by atoms with Crippen LogP contribution in [0.5, 0.6) is 0 Å². The maximum absolute atomic E-state index is 13.6. The molecule has 3 atom stereocenters. The Morgan fingerprint density at radius 1 is 1.06 bits per heavy atom. The van der Waals surface area contributed by atoms with Gasteiger partial charge < -0.3 is 10.0 Å². The van der Waals surface area contributed by atoms with Crippen LogP contribution in [-0.4, -0.2) is 38.3 Å². The van der Waals surface area contributed by atoms with Crippen LogP contribution < -0.4 is 0 Å². The Kier molecular flexibility index (Phi) is 5.60. The van der Waals surface area contributed by atoms with Crippen molar-refractivity contribution in [1.29, 1.82) is 0 Å². The summed E-state index contributed by atoms with van der Waals surface area (Å²) in [6, 6.07) is 22.2. The van der Waals surface area contributed by atoms with Crippen LogP contribution in [-0.2, 0) is 12.1 Å². The van der Waals surface area contributed by atoms with Crippen molar-refractivity contribution in [2.75, 3.05) is 6.54 Å². The first-order chi connectivity index (χ1) is 15.6. The Bertz CT molecular complexity index is 1080. The summed E-state index contributed by atoms with van der Waals surface area (Å²) in [7, 11) is 0. The first-order valence-corrected chi connectivity index (χ1v) is 11.7. The van der Waals surface area contributed by atoms with Crippen LogP contribution in [0.4, 0.5) is 0 Å². The molecule has 1 aromatic heterocycles. The Balaban J connectivity index is 1.40. The summed E-state index contributed by atoms with van der Waals surface area (Å²) in [5.41, 5.74) is 2.76. The van der Waals surface area contributed by atoms with Crippen LogP contribution in [0.3, 0.4) is 0 Å². The number of hydrogen-bond donors (Lipinski definition) is 1. The van der Waals surface area contributed by atoms with Gasteiger partial charge in [-0.05, 0) is 43.4 Å². The molecule has 5 nitrogen and oxygen atoms in total. The molecule has 1 saturated heterocycles. The van der Waals surface area contributed by atoms with Crippen LogP contribution in [0, 0.1) is 12.8 Å². The van der Waals surface area contributed by atoms with Crippen molar-refractivity contribution in [3.05, 3.63) is 89.2 Å². The highest BCUT2D eigenvalue weighted by molar-refractivity contribution is 5.92. The Hall–Kier alpha value is -2.92. The van der Waals surface area contributed by atoms with Crippen molar-refractivity contribution in [3.8, 4) is 0 Å². The maximum Gasteiger partial charge on any atom is 0.274 e. The number of nitrogens with zero attached hydrogens (tertiary/aromatic N) is 3. The highest BCUT2D eigenvalue weighted by atomic mass is 16.3. The quantitative estimate of drug-likeness (QED) is 0.663. The van der Waals surface area contributed by atoms with Crippen molar-refractivity contribution in [2.45, 2.75) is 57.2 Å². The van der Waals surface area contributed by atoms with Crippen molar-refractivity contribution in [1.82, 2.24) is 14.7 Å². The molecule has 0 spiro atoms. The lowest BCUT2D eigenvalue weighted by Gasteiger charge is -2.52. The molecule has 2 aliphatic rings. The van der Waals surface area contributed by atoms with E-state index in [9.17, 15) is 9.90 Å². The zero-order chi connectivity index (χ0) is 22.1. The zero-order valence-electron chi connectivity index (χ0n) is 18.7. The number of aryl methyl sites for hydroxylation is 1. The number of fused-ring (bicyclic) bond motifs is 1. The number of likely N-dealkylation sites (tertiary alicyclic amines) is 1. The van der Waals surface area contributed by atoms with Gasteiger partial charge in [-0.25, -0.2) is 0 Å². The SMILES string of the molecule is Cc1cc(C(=O)N2CCC(O)(c3ccccc3)[C@H]3CCCC[C@H]32)nn1Cc1ccccc1. The van der Waals surface area contributed by atoms with Crippen molar-refractivity contribution in [2.24, 2.45) is 5.92 Å². The number of aliphatic hydroxyl groups is 1. The number of hydrogen-bond acceptors (Lipinski definition) is 3. The van der Waals surface area contributed by atoms with Crippen molar-refractivity contribution < 1.29 is 9.90 Å². The Morgan fingerprint density at radius 2 is 1.75 bits per heavy atom. The lowest BCUT2D eigenvalue weighted by Crippen LogP contribution is -2.59. The van der Waals surface area contributed by atoms with Crippen LogP contribution in [0.25, 0.3) is 0 Å². The van der Waals surface area contributed by atoms with Gasteiger partial charge in [-0.2, -0.15) is 5.10 Å². The fourth-order valence-corrected chi connectivity index (χ4v) is 5.70. The summed E-state index contributed by atoms with van der Waals surface area (Å²) < 4.78 is 1.91. The normalized spacial score (nSPS) is 25.4. The standard InChI is InChI=1S/C27H31N3O2/c1-20-18-24(28-30(20)19-21-10-4-2-5-11-21)26(31)29-17-16-27(32,22-12-6-3-7-13-22)23-14-8-9-15-25(23)29/h2-7,10-13,18,23,25,32H,8-9,14-17,19H2,1H3/t23-,25+,27?/m0/s1. The molecule has 32 heavy (non-hydrogen) atoms. The number of aromatic nitrogens is 2. The number of amides is 1. The summed E-state index contributed by atoms with van der Waals surface area (Å²) in [4.78, 5) is 15.6. The van der Waals surface area contributed by atoms with E-state index in [0.717, 1.165) is 42.5 Å². The van der Waals surface area contributed by atoms with Gasteiger partial charge in [-0.3, -0.25) is 9.48 Å². The molecule has 1 amide bonds. The van der Waals surface area contributed by atoms with Gasteiger partial charge in [-0.1, -0.05) is 73.5 Å². The first-order valence-electron chi connectivity index (χ1n) is 11.7. The molecule has 0 bridgehead atoms. The first kappa shape index (κ1) is 21.0. The van der Waals surface area contributed by atoms with Crippen molar-refractivity contribution in [3.63, 3.8) is 0 Å². The van der Waals surface area contributed by atoms with E-state index in [1.165, 1.54) is 0 Å². The molecule has 5 rings (SSSR count). The number of carbonyl (C=O) groups is 1. The van der Waals surface area contributed by atoms with Crippen molar-refractivity contribution >= 4 is 5.91 Å². The van der Waals surface area contributed by atoms with Crippen LogP contribution in [0.1, 0.15) is 59.4 Å². The molecule has 3 aromatic rings. The molecule has 5 heteroatoms. The smallest absolute Gasteiger partial charge is 0.274 e.